The van der Waals surface area contributed by atoms with Gasteiger partial charge in [0.25, 0.3) is 0 Å². The van der Waals surface area contributed by atoms with Crippen LogP contribution in [0.4, 0.5) is 17.2 Å². The molecule has 6 unspecified atom stereocenters. The first-order valence-corrected chi connectivity index (χ1v) is 21.0. The maximum absolute atomic E-state index is 15.2. The third kappa shape index (κ3) is 5.23. The van der Waals surface area contributed by atoms with E-state index in [9.17, 15) is 19.5 Å². The zero-order valence-electron chi connectivity index (χ0n) is 32.6. The van der Waals surface area contributed by atoms with Crippen molar-refractivity contribution >= 4 is 73.8 Å². The molecule has 5 aromatic rings. The zero-order valence-corrected chi connectivity index (χ0v) is 34.1. The molecular weight excluding hydrogens is 774 g/mol. The number of para-hydroxylation sites is 1. The van der Waals surface area contributed by atoms with Crippen molar-refractivity contribution in [3.63, 3.8) is 0 Å². The molecule has 3 aromatic carbocycles. The zero-order chi connectivity index (χ0) is 40.4. The molecule has 10 rings (SSSR count). The molecule has 296 valence electrons. The summed E-state index contributed by atoms with van der Waals surface area (Å²) in [6.07, 6.45) is 2.52. The van der Waals surface area contributed by atoms with Gasteiger partial charge in [0, 0.05) is 53.1 Å². The Morgan fingerprint density at radius 3 is 2.40 bits per heavy atom. The van der Waals surface area contributed by atoms with Crippen molar-refractivity contribution in [1.29, 1.82) is 0 Å². The minimum absolute atomic E-state index is 0.0498. The Kier molecular flexibility index (Phi) is 8.53. The van der Waals surface area contributed by atoms with Gasteiger partial charge in [-0.3, -0.25) is 28.8 Å². The van der Waals surface area contributed by atoms with Crippen LogP contribution in [-0.2, 0) is 31.0 Å². The van der Waals surface area contributed by atoms with Crippen LogP contribution < -0.4 is 14.7 Å². The van der Waals surface area contributed by atoms with Gasteiger partial charge in [-0.05, 0) is 98.5 Å². The molecule has 1 saturated carbocycles. The number of aromatic nitrogens is 2. The minimum Gasteiger partial charge on any atom is -0.507 e. The van der Waals surface area contributed by atoms with Crippen LogP contribution in [-0.4, -0.2) is 64.8 Å². The van der Waals surface area contributed by atoms with E-state index >= 15 is 4.79 Å². The molecule has 13 heteroatoms. The molecule has 4 fully saturated rings. The first-order valence-electron chi connectivity index (χ1n) is 19.8. The Bertz CT molecular complexity index is 2630. The maximum Gasteiger partial charge on any atom is 0.242 e. The Hall–Kier alpha value is -5.30. The fraction of sp³-hybridized carbons (Fsp3) is 0.356. The number of aryl methyl sites for hydroxylation is 3. The molecule has 5 heterocycles. The standard InChI is InChI=1S/C45H42ClN5O6S/c1-23-6-5-7-30(39(23)52)38-28-13-14-29-37(43(55)50(41(29)53)27-11-9-26(10-12-27)49-16-18-57-19-17-49)32(28)21-33-42(54)51(44(56)45(33,38)3)36-22-34(47-48(36)4)40-24(2)31-20-25(46)8-15-35(31)58-40/h5-13,15,20,22,29,32-33,37-38,52H,14,16-19,21H2,1-4H3. The van der Waals surface area contributed by atoms with Gasteiger partial charge >= 0.3 is 0 Å². The summed E-state index contributed by atoms with van der Waals surface area (Å²) in [5, 5.41) is 18.2. The highest BCUT2D eigenvalue weighted by atomic mass is 35.5. The molecule has 1 N–H and O–H groups in total. The van der Waals surface area contributed by atoms with Crippen LogP contribution in [0.2, 0.25) is 5.02 Å². The number of rotatable bonds is 5. The lowest BCUT2D eigenvalue weighted by Crippen LogP contribution is -2.49. The highest BCUT2D eigenvalue weighted by Gasteiger charge is 2.68. The first-order chi connectivity index (χ1) is 27.9. The lowest BCUT2D eigenvalue weighted by molar-refractivity contribution is -0.131. The van der Waals surface area contributed by atoms with Gasteiger partial charge in [0.15, 0.2) is 0 Å². The second-order valence-corrected chi connectivity index (χ2v) is 18.0. The maximum atomic E-state index is 15.2. The summed E-state index contributed by atoms with van der Waals surface area (Å²) < 4.78 is 8.13. The number of nitrogens with zero attached hydrogens (tertiary/aromatic N) is 5. The van der Waals surface area contributed by atoms with E-state index < -0.39 is 35.0 Å². The first kappa shape index (κ1) is 37.0. The normalized spacial score (nSPS) is 27.0. The molecule has 2 aliphatic carbocycles. The highest BCUT2D eigenvalue weighted by molar-refractivity contribution is 7.22. The molecule has 0 radical (unpaired) electrons. The molecule has 3 aliphatic heterocycles. The number of hydrogen-bond acceptors (Lipinski definition) is 9. The van der Waals surface area contributed by atoms with Crippen molar-refractivity contribution in [3.05, 3.63) is 100 Å². The van der Waals surface area contributed by atoms with Gasteiger partial charge in [0.05, 0.1) is 46.9 Å². The van der Waals surface area contributed by atoms with E-state index in [0.717, 1.165) is 44.9 Å². The van der Waals surface area contributed by atoms with Crippen molar-refractivity contribution in [2.75, 3.05) is 41.0 Å². The number of carbonyl (C=O) groups is 4. The summed E-state index contributed by atoms with van der Waals surface area (Å²) in [4.78, 5) is 64.8. The largest absolute Gasteiger partial charge is 0.507 e. The van der Waals surface area contributed by atoms with E-state index in [1.807, 2.05) is 74.5 Å². The van der Waals surface area contributed by atoms with Gasteiger partial charge in [0.2, 0.25) is 23.6 Å². The van der Waals surface area contributed by atoms with Gasteiger partial charge in [-0.2, -0.15) is 5.10 Å². The summed E-state index contributed by atoms with van der Waals surface area (Å²) in [6.45, 7) is 8.46. The molecule has 3 saturated heterocycles. The average Bonchev–Trinajstić information content (AvgIpc) is 3.89. The smallest absolute Gasteiger partial charge is 0.242 e. The fourth-order valence-corrected chi connectivity index (χ4v) is 11.9. The topological polar surface area (TPSA) is 125 Å². The number of ether oxygens (including phenoxy) is 1. The quantitative estimate of drug-likeness (QED) is 0.143. The van der Waals surface area contributed by atoms with E-state index in [-0.39, 0.29) is 35.8 Å². The lowest BCUT2D eigenvalue weighted by atomic mass is 9.51. The van der Waals surface area contributed by atoms with Crippen LogP contribution in [0.25, 0.3) is 20.7 Å². The number of benzene rings is 3. The molecule has 6 atom stereocenters. The average molecular weight is 816 g/mol. The van der Waals surface area contributed by atoms with E-state index in [1.165, 1.54) is 9.80 Å². The Morgan fingerprint density at radius 2 is 1.64 bits per heavy atom. The predicted octanol–water partition coefficient (Wildman–Crippen LogP) is 7.55. The van der Waals surface area contributed by atoms with E-state index in [4.69, 9.17) is 21.4 Å². The number of morpholine rings is 1. The SMILES string of the molecule is Cc1cccc(C2C3=CCC4C(=O)N(c5ccc(N6CCOCC6)cc5)C(=O)C4C3CC3C(=O)N(c4cc(-c5sc6ccc(Cl)cc6c5C)nn4C)C(=O)C32C)c1O. The second kappa shape index (κ2) is 13.4. The third-order valence-corrected chi connectivity index (χ3v) is 15.1. The number of phenols is 1. The Balaban J connectivity index is 1.04. The van der Waals surface area contributed by atoms with Crippen molar-refractivity contribution in [2.24, 2.45) is 36.1 Å². The van der Waals surface area contributed by atoms with Crippen LogP contribution in [0.3, 0.4) is 0 Å². The minimum atomic E-state index is -1.31. The van der Waals surface area contributed by atoms with Crippen molar-refractivity contribution in [3.8, 4) is 16.3 Å². The van der Waals surface area contributed by atoms with Crippen LogP contribution in [0.5, 0.6) is 5.75 Å². The third-order valence-electron chi connectivity index (χ3n) is 13.6. The molecule has 0 bridgehead atoms. The van der Waals surface area contributed by atoms with Gasteiger partial charge in [-0.25, -0.2) is 4.90 Å². The molecular formula is C45H42ClN5O6S. The Labute approximate surface area is 344 Å². The molecule has 11 nitrogen and oxygen atoms in total. The van der Waals surface area contributed by atoms with Gasteiger partial charge in [0.1, 0.15) is 17.3 Å². The lowest BCUT2D eigenvalue weighted by Gasteiger charge is -2.49. The van der Waals surface area contributed by atoms with Crippen LogP contribution in [0.15, 0.2) is 78.4 Å². The van der Waals surface area contributed by atoms with Gasteiger partial charge in [-0.15, -0.1) is 11.3 Å². The van der Waals surface area contributed by atoms with Crippen LogP contribution >= 0.6 is 22.9 Å². The van der Waals surface area contributed by atoms with Crippen molar-refractivity contribution in [2.45, 2.75) is 39.5 Å². The number of amides is 4. The number of anilines is 3. The molecule has 58 heavy (non-hydrogen) atoms. The second-order valence-electron chi connectivity index (χ2n) is 16.5. The fourth-order valence-electron chi connectivity index (χ4n) is 10.6. The predicted molar refractivity (Wildman–Crippen MR) is 223 cm³/mol. The van der Waals surface area contributed by atoms with Gasteiger partial charge < -0.3 is 14.7 Å². The number of carbonyl (C=O) groups excluding carboxylic acids is 4. The number of hydrogen-bond donors (Lipinski definition) is 1. The number of halogens is 1. The monoisotopic (exact) mass is 815 g/mol. The molecule has 0 spiro atoms. The van der Waals surface area contributed by atoms with E-state index in [2.05, 4.69) is 4.90 Å². The molecule has 2 aromatic heterocycles. The number of thiophene rings is 1. The number of imide groups is 2. The van der Waals surface area contributed by atoms with E-state index in [1.54, 1.807) is 42.1 Å². The number of allylic oxidation sites excluding steroid dienone is 2. The number of fused-ring (bicyclic) bond motifs is 5. The van der Waals surface area contributed by atoms with Crippen molar-refractivity contribution < 1.29 is 29.0 Å². The van der Waals surface area contributed by atoms with Gasteiger partial charge in [-0.1, -0.05) is 41.4 Å². The highest BCUT2D eigenvalue weighted by Crippen LogP contribution is 2.64. The number of aromatic hydroxyl groups is 1. The summed E-state index contributed by atoms with van der Waals surface area (Å²) >= 11 is 7.91. The summed E-state index contributed by atoms with van der Waals surface area (Å²) in [7, 11) is 1.73. The van der Waals surface area contributed by atoms with Crippen molar-refractivity contribution in [1.82, 2.24) is 9.78 Å². The Morgan fingerprint density at radius 1 is 0.897 bits per heavy atom. The number of phenolic OH excluding ortho intramolecular Hbond substituents is 1. The molecule has 4 amide bonds. The van der Waals surface area contributed by atoms with Crippen LogP contribution in [0, 0.1) is 42.9 Å². The summed E-state index contributed by atoms with van der Waals surface area (Å²) in [5.41, 5.74) is 3.82. The molecule has 5 aliphatic rings. The van der Waals surface area contributed by atoms with E-state index in [0.29, 0.717) is 53.0 Å². The summed E-state index contributed by atoms with van der Waals surface area (Å²) in [6, 6.07) is 20.5. The summed E-state index contributed by atoms with van der Waals surface area (Å²) in [5.74, 6) is -4.36. The van der Waals surface area contributed by atoms with Crippen LogP contribution in [0.1, 0.15) is 42.4 Å².